The van der Waals surface area contributed by atoms with Gasteiger partial charge in [-0.25, -0.2) is 0 Å². The SMILES string of the molecule is CC(=O)c1ccc(CC(=O)N2CCNCC2c2ccccc2Cl)cc1.Cl. The van der Waals surface area contributed by atoms with Gasteiger partial charge in [-0.05, 0) is 24.1 Å². The number of ketones is 1. The van der Waals surface area contributed by atoms with Crippen molar-refractivity contribution < 1.29 is 9.59 Å². The summed E-state index contributed by atoms with van der Waals surface area (Å²) < 4.78 is 0. The van der Waals surface area contributed by atoms with Gasteiger partial charge in [0.1, 0.15) is 0 Å². The Balaban J connectivity index is 0.00000243. The molecule has 0 saturated carbocycles. The summed E-state index contributed by atoms with van der Waals surface area (Å²) in [6.07, 6.45) is 0.319. The molecule has 0 bridgehead atoms. The fourth-order valence-electron chi connectivity index (χ4n) is 3.16. The lowest BCUT2D eigenvalue weighted by Gasteiger charge is -2.37. The topological polar surface area (TPSA) is 49.4 Å². The monoisotopic (exact) mass is 392 g/mol. The molecule has 1 amide bonds. The van der Waals surface area contributed by atoms with Crippen LogP contribution in [0, 0.1) is 0 Å². The number of halogens is 2. The van der Waals surface area contributed by atoms with Gasteiger partial charge in [0, 0.05) is 30.2 Å². The third-order valence-corrected chi connectivity index (χ3v) is 4.89. The fourth-order valence-corrected chi connectivity index (χ4v) is 3.42. The van der Waals surface area contributed by atoms with Gasteiger partial charge in [0.05, 0.1) is 12.5 Å². The van der Waals surface area contributed by atoms with Gasteiger partial charge in [-0.3, -0.25) is 9.59 Å². The molecular weight excluding hydrogens is 371 g/mol. The molecule has 2 aromatic carbocycles. The van der Waals surface area contributed by atoms with Gasteiger partial charge >= 0.3 is 0 Å². The van der Waals surface area contributed by atoms with Gasteiger partial charge < -0.3 is 10.2 Å². The molecule has 1 heterocycles. The molecule has 1 saturated heterocycles. The lowest BCUT2D eigenvalue weighted by atomic mass is 10.0. The summed E-state index contributed by atoms with van der Waals surface area (Å²) in [6.45, 7) is 3.66. The fraction of sp³-hybridized carbons (Fsp3) is 0.300. The lowest BCUT2D eigenvalue weighted by Crippen LogP contribution is -2.49. The Labute approximate surface area is 164 Å². The van der Waals surface area contributed by atoms with Gasteiger partial charge in [-0.1, -0.05) is 54.1 Å². The quantitative estimate of drug-likeness (QED) is 0.807. The van der Waals surface area contributed by atoms with Crippen molar-refractivity contribution in [1.29, 1.82) is 0 Å². The van der Waals surface area contributed by atoms with E-state index in [0.717, 1.165) is 17.7 Å². The lowest BCUT2D eigenvalue weighted by molar-refractivity contribution is -0.133. The summed E-state index contributed by atoms with van der Waals surface area (Å²) in [7, 11) is 0. The zero-order valence-corrected chi connectivity index (χ0v) is 16.1. The van der Waals surface area contributed by atoms with Crippen LogP contribution >= 0.6 is 24.0 Å². The van der Waals surface area contributed by atoms with E-state index in [1.54, 1.807) is 12.1 Å². The normalized spacial score (nSPS) is 16.7. The number of benzene rings is 2. The predicted molar refractivity (Wildman–Crippen MR) is 106 cm³/mol. The second kappa shape index (κ2) is 9.17. The van der Waals surface area contributed by atoms with Crippen LogP contribution in [0.2, 0.25) is 5.02 Å². The third kappa shape index (κ3) is 4.64. The van der Waals surface area contributed by atoms with Crippen LogP contribution in [0.5, 0.6) is 0 Å². The molecule has 26 heavy (non-hydrogen) atoms. The summed E-state index contributed by atoms with van der Waals surface area (Å²) >= 11 is 6.34. The van der Waals surface area contributed by atoms with Crippen molar-refractivity contribution in [1.82, 2.24) is 10.2 Å². The van der Waals surface area contributed by atoms with E-state index < -0.39 is 0 Å². The number of Topliss-reactive ketones (excluding diaryl/α,β-unsaturated/α-hetero) is 1. The Bertz CT molecular complexity index is 778. The van der Waals surface area contributed by atoms with Crippen LogP contribution in [0.3, 0.4) is 0 Å². The van der Waals surface area contributed by atoms with Gasteiger partial charge in [-0.15, -0.1) is 12.4 Å². The molecule has 1 atom stereocenters. The summed E-state index contributed by atoms with van der Waals surface area (Å²) in [5.74, 6) is 0.0979. The molecule has 0 aromatic heterocycles. The molecule has 2 aromatic rings. The van der Waals surface area contributed by atoms with Crippen molar-refractivity contribution in [3.63, 3.8) is 0 Å². The first-order chi connectivity index (χ1) is 12.1. The van der Waals surface area contributed by atoms with E-state index in [-0.39, 0.29) is 30.1 Å². The molecule has 1 fully saturated rings. The molecule has 0 aliphatic carbocycles. The number of hydrogen-bond acceptors (Lipinski definition) is 3. The zero-order valence-electron chi connectivity index (χ0n) is 14.6. The van der Waals surface area contributed by atoms with Crippen molar-refractivity contribution in [2.75, 3.05) is 19.6 Å². The van der Waals surface area contributed by atoms with E-state index in [0.29, 0.717) is 30.1 Å². The molecular formula is C20H22Cl2N2O2. The minimum Gasteiger partial charge on any atom is -0.333 e. The van der Waals surface area contributed by atoms with Gasteiger partial charge in [-0.2, -0.15) is 0 Å². The standard InChI is InChI=1S/C20H21ClN2O2.ClH/c1-14(24)16-8-6-15(7-9-16)12-20(25)23-11-10-22-13-19(23)17-4-2-3-5-18(17)21;/h2-9,19,22H,10-13H2,1H3;1H. The summed E-state index contributed by atoms with van der Waals surface area (Å²) in [5, 5.41) is 4.02. The number of carbonyl (C=O) groups excluding carboxylic acids is 2. The minimum absolute atomic E-state index is 0. The van der Waals surface area contributed by atoms with Crippen LogP contribution in [-0.2, 0) is 11.2 Å². The summed E-state index contributed by atoms with van der Waals surface area (Å²) in [4.78, 5) is 26.1. The second-order valence-corrected chi connectivity index (χ2v) is 6.67. The Kier molecular flexibility index (Phi) is 7.21. The molecule has 0 radical (unpaired) electrons. The van der Waals surface area contributed by atoms with Crippen LogP contribution in [-0.4, -0.2) is 36.2 Å². The number of hydrogen-bond donors (Lipinski definition) is 1. The zero-order chi connectivity index (χ0) is 17.8. The van der Waals surface area contributed by atoms with Crippen molar-refractivity contribution >= 4 is 35.7 Å². The molecule has 1 N–H and O–H groups in total. The molecule has 4 nitrogen and oxygen atoms in total. The van der Waals surface area contributed by atoms with E-state index in [9.17, 15) is 9.59 Å². The van der Waals surface area contributed by atoms with Crippen LogP contribution in [0.4, 0.5) is 0 Å². The first kappa shape index (κ1) is 20.4. The largest absolute Gasteiger partial charge is 0.333 e. The highest BCUT2D eigenvalue weighted by molar-refractivity contribution is 6.31. The van der Waals surface area contributed by atoms with Gasteiger partial charge in [0.15, 0.2) is 5.78 Å². The summed E-state index contributed by atoms with van der Waals surface area (Å²) in [5.41, 5.74) is 2.54. The Morgan fingerprint density at radius 2 is 1.85 bits per heavy atom. The average molecular weight is 393 g/mol. The van der Waals surface area contributed by atoms with Gasteiger partial charge in [0.2, 0.25) is 5.91 Å². The molecule has 3 rings (SSSR count). The molecule has 0 spiro atoms. The molecule has 6 heteroatoms. The average Bonchev–Trinajstić information content (AvgIpc) is 2.62. The number of nitrogens with one attached hydrogen (secondary N) is 1. The van der Waals surface area contributed by atoms with Crippen molar-refractivity contribution in [2.45, 2.75) is 19.4 Å². The maximum Gasteiger partial charge on any atom is 0.227 e. The van der Waals surface area contributed by atoms with E-state index in [1.807, 2.05) is 41.3 Å². The van der Waals surface area contributed by atoms with Crippen molar-refractivity contribution in [3.8, 4) is 0 Å². The highest BCUT2D eigenvalue weighted by Gasteiger charge is 2.28. The van der Waals surface area contributed by atoms with E-state index >= 15 is 0 Å². The second-order valence-electron chi connectivity index (χ2n) is 6.26. The number of carbonyl (C=O) groups is 2. The van der Waals surface area contributed by atoms with E-state index in [2.05, 4.69) is 5.32 Å². The third-order valence-electron chi connectivity index (χ3n) is 4.54. The molecule has 1 aliphatic rings. The van der Waals surface area contributed by atoms with Crippen molar-refractivity contribution in [2.24, 2.45) is 0 Å². The smallest absolute Gasteiger partial charge is 0.227 e. The first-order valence-electron chi connectivity index (χ1n) is 8.41. The predicted octanol–water partition coefficient (Wildman–Crippen LogP) is 3.68. The number of amides is 1. The number of rotatable bonds is 4. The maximum absolute atomic E-state index is 12.9. The Morgan fingerprint density at radius 1 is 1.15 bits per heavy atom. The summed E-state index contributed by atoms with van der Waals surface area (Å²) in [6, 6.07) is 14.8. The Hall–Kier alpha value is -1.88. The Morgan fingerprint density at radius 3 is 2.50 bits per heavy atom. The van der Waals surface area contributed by atoms with E-state index in [1.165, 1.54) is 6.92 Å². The number of nitrogens with zero attached hydrogens (tertiary/aromatic N) is 1. The molecule has 1 aliphatic heterocycles. The van der Waals surface area contributed by atoms with Crippen LogP contribution in [0.1, 0.15) is 34.5 Å². The van der Waals surface area contributed by atoms with Gasteiger partial charge in [0.25, 0.3) is 0 Å². The highest BCUT2D eigenvalue weighted by atomic mass is 35.5. The maximum atomic E-state index is 12.9. The van der Waals surface area contributed by atoms with E-state index in [4.69, 9.17) is 11.6 Å². The highest BCUT2D eigenvalue weighted by Crippen LogP contribution is 2.29. The van der Waals surface area contributed by atoms with Crippen molar-refractivity contribution in [3.05, 3.63) is 70.2 Å². The molecule has 1 unspecified atom stereocenters. The molecule has 138 valence electrons. The van der Waals surface area contributed by atoms with Crippen LogP contribution in [0.25, 0.3) is 0 Å². The minimum atomic E-state index is -0.0635. The first-order valence-corrected chi connectivity index (χ1v) is 8.78. The number of piperazine rings is 1. The van der Waals surface area contributed by atoms with Crippen LogP contribution in [0.15, 0.2) is 48.5 Å². The van der Waals surface area contributed by atoms with Crippen LogP contribution < -0.4 is 5.32 Å².